The van der Waals surface area contributed by atoms with Gasteiger partial charge in [0.2, 0.25) is 5.95 Å². The summed E-state index contributed by atoms with van der Waals surface area (Å²) in [5.41, 5.74) is 7.09. The fourth-order valence-electron chi connectivity index (χ4n) is 4.89. The van der Waals surface area contributed by atoms with E-state index in [0.717, 1.165) is 39.2 Å². The lowest BCUT2D eigenvalue weighted by Gasteiger charge is -2.17. The van der Waals surface area contributed by atoms with Crippen molar-refractivity contribution in [2.24, 2.45) is 0 Å². The smallest absolute Gasteiger partial charge is 0.439 e. The number of benzene rings is 3. The van der Waals surface area contributed by atoms with Crippen LogP contribution in [-0.2, 0) is 13.2 Å². The van der Waals surface area contributed by atoms with Gasteiger partial charge >= 0.3 is 5.76 Å². The van der Waals surface area contributed by atoms with Gasteiger partial charge in [-0.05, 0) is 59.5 Å². The largest absolute Gasteiger partial charge is 0.488 e. The molecular formula is C28H24FN5O3. The van der Waals surface area contributed by atoms with Crippen LogP contribution in [0, 0.1) is 5.82 Å². The van der Waals surface area contributed by atoms with Crippen LogP contribution in [0.3, 0.4) is 0 Å². The first-order chi connectivity index (χ1) is 17.9. The van der Waals surface area contributed by atoms with E-state index in [1.54, 1.807) is 6.07 Å². The van der Waals surface area contributed by atoms with Crippen LogP contribution >= 0.6 is 0 Å². The number of anilines is 1. The summed E-state index contributed by atoms with van der Waals surface area (Å²) in [6, 6.07) is 18.7. The Kier molecular flexibility index (Phi) is 5.40. The molecule has 0 radical (unpaired) electrons. The highest BCUT2D eigenvalue weighted by Gasteiger charge is 2.24. The summed E-state index contributed by atoms with van der Waals surface area (Å²) in [6.07, 6.45) is 0. The van der Waals surface area contributed by atoms with Gasteiger partial charge in [0.1, 0.15) is 18.2 Å². The van der Waals surface area contributed by atoms with Gasteiger partial charge in [0.05, 0.1) is 17.6 Å². The number of nitrogens with zero attached hydrogens (tertiary/aromatic N) is 4. The predicted octanol–water partition coefficient (Wildman–Crippen LogP) is 4.84. The second-order valence-electron chi connectivity index (χ2n) is 9.25. The number of rotatable bonds is 4. The van der Waals surface area contributed by atoms with E-state index in [0.29, 0.717) is 29.3 Å². The molecule has 9 heteroatoms. The molecule has 0 unspecified atom stereocenters. The van der Waals surface area contributed by atoms with E-state index in [9.17, 15) is 9.18 Å². The second-order valence-corrected chi connectivity index (χ2v) is 9.25. The van der Waals surface area contributed by atoms with Crippen molar-refractivity contribution in [1.82, 2.24) is 19.7 Å². The molecule has 0 atom stereocenters. The van der Waals surface area contributed by atoms with E-state index in [2.05, 4.69) is 32.9 Å². The van der Waals surface area contributed by atoms with Gasteiger partial charge in [-0.1, -0.05) is 29.4 Å². The van der Waals surface area contributed by atoms with Gasteiger partial charge in [-0.2, -0.15) is 0 Å². The molecule has 5 aromatic rings. The average molecular weight is 498 g/mol. The fraction of sp³-hybridized carbons (Fsp3) is 0.179. The molecule has 6 rings (SSSR count). The van der Waals surface area contributed by atoms with E-state index in [-0.39, 0.29) is 12.4 Å². The normalized spacial score (nSPS) is 14.1. The zero-order chi connectivity index (χ0) is 25.7. The summed E-state index contributed by atoms with van der Waals surface area (Å²) in [7, 11) is 3.96. The Morgan fingerprint density at radius 1 is 1.11 bits per heavy atom. The third-order valence-electron chi connectivity index (χ3n) is 6.58. The van der Waals surface area contributed by atoms with Crippen molar-refractivity contribution in [3.63, 3.8) is 0 Å². The molecule has 0 saturated carbocycles. The first-order valence-electron chi connectivity index (χ1n) is 11.8. The van der Waals surface area contributed by atoms with Gasteiger partial charge < -0.3 is 14.2 Å². The van der Waals surface area contributed by atoms with E-state index < -0.39 is 5.76 Å². The Bertz CT molecular complexity index is 1740. The number of ether oxygens (including phenoxy) is 1. The Morgan fingerprint density at radius 2 is 1.92 bits per heavy atom. The molecule has 0 fully saturated rings. The number of hydrogen-bond donors (Lipinski definition) is 1. The molecule has 0 bridgehead atoms. The van der Waals surface area contributed by atoms with Crippen molar-refractivity contribution in [1.29, 1.82) is 0 Å². The van der Waals surface area contributed by atoms with Crippen LogP contribution in [0.4, 0.5) is 10.3 Å². The Hall–Kier alpha value is -4.66. The maximum Gasteiger partial charge on any atom is 0.439 e. The topological polar surface area (TPSA) is 89.2 Å². The molecule has 3 heterocycles. The van der Waals surface area contributed by atoms with Crippen molar-refractivity contribution >= 4 is 28.1 Å². The van der Waals surface area contributed by atoms with Crippen LogP contribution in [0.15, 0.2) is 70.0 Å². The Balaban J connectivity index is 1.49. The van der Waals surface area contributed by atoms with Crippen molar-refractivity contribution in [3.8, 4) is 5.75 Å². The number of para-hydroxylation sites is 2. The van der Waals surface area contributed by atoms with Gasteiger partial charge in [-0.3, -0.25) is 9.51 Å². The number of aromatic amines is 1. The lowest BCUT2D eigenvalue weighted by Crippen LogP contribution is -2.16. The highest BCUT2D eigenvalue weighted by atomic mass is 19.1. The number of nitrogens with one attached hydrogen (secondary N) is 1. The molecule has 0 amide bonds. The van der Waals surface area contributed by atoms with Crippen molar-refractivity contribution in [3.05, 3.63) is 105 Å². The van der Waals surface area contributed by atoms with Crippen molar-refractivity contribution in [2.45, 2.75) is 20.1 Å². The van der Waals surface area contributed by atoms with Crippen LogP contribution in [0.5, 0.6) is 5.75 Å². The number of H-pyrrole nitrogens is 1. The molecule has 1 aliphatic rings. The summed E-state index contributed by atoms with van der Waals surface area (Å²) in [4.78, 5) is 21.1. The fourth-order valence-corrected chi connectivity index (χ4v) is 4.89. The average Bonchev–Trinajstić information content (AvgIpc) is 3.44. The minimum absolute atomic E-state index is 0.261. The second kappa shape index (κ2) is 8.77. The first-order valence-corrected chi connectivity index (χ1v) is 11.8. The minimum Gasteiger partial charge on any atom is -0.488 e. The van der Waals surface area contributed by atoms with E-state index in [4.69, 9.17) is 14.2 Å². The van der Waals surface area contributed by atoms with Gasteiger partial charge in [0.15, 0.2) is 5.82 Å². The van der Waals surface area contributed by atoms with Crippen molar-refractivity contribution in [2.75, 3.05) is 19.0 Å². The predicted molar refractivity (Wildman–Crippen MR) is 139 cm³/mol. The molecule has 8 nitrogen and oxygen atoms in total. The summed E-state index contributed by atoms with van der Waals surface area (Å²) in [6.45, 7) is 2.72. The van der Waals surface area contributed by atoms with E-state index >= 15 is 0 Å². The maximum absolute atomic E-state index is 14.1. The maximum atomic E-state index is 14.1. The standard InChI is InChI=1S/C28H24FN5O3/c1-16(26-31-28(35)37-32-26)25-20-10-8-17(12-18(20)15-36-24-13-19(29)9-11-21(24)25)14-34-23-7-5-4-6-22(23)30-27(34)33(2)3/h4-13H,14-15H2,1-3H3,(H,31,32,35)/b25-16-. The minimum atomic E-state index is -0.640. The summed E-state index contributed by atoms with van der Waals surface area (Å²) in [5.74, 6) is 0.572. The first kappa shape index (κ1) is 22.8. The number of hydrogen-bond acceptors (Lipinski definition) is 6. The van der Waals surface area contributed by atoms with Gasteiger partial charge in [0, 0.05) is 31.3 Å². The third kappa shape index (κ3) is 3.98. The Labute approximate surface area is 211 Å². The molecule has 0 aliphatic carbocycles. The van der Waals surface area contributed by atoms with Crippen LogP contribution in [0.1, 0.15) is 35.0 Å². The third-order valence-corrected chi connectivity index (χ3v) is 6.58. The van der Waals surface area contributed by atoms with Gasteiger partial charge in [0.25, 0.3) is 0 Å². The van der Waals surface area contributed by atoms with E-state index in [1.165, 1.54) is 12.1 Å². The summed E-state index contributed by atoms with van der Waals surface area (Å²) >= 11 is 0. The highest BCUT2D eigenvalue weighted by molar-refractivity contribution is 5.99. The summed E-state index contributed by atoms with van der Waals surface area (Å²) in [5, 5.41) is 3.88. The quantitative estimate of drug-likeness (QED) is 0.382. The number of halogens is 1. The van der Waals surface area contributed by atoms with Crippen LogP contribution in [0.25, 0.3) is 22.2 Å². The zero-order valence-electron chi connectivity index (χ0n) is 20.6. The van der Waals surface area contributed by atoms with E-state index in [1.807, 2.05) is 50.2 Å². The molecule has 1 aliphatic heterocycles. The van der Waals surface area contributed by atoms with Gasteiger partial charge in [-0.25, -0.2) is 14.2 Å². The lowest BCUT2D eigenvalue weighted by atomic mass is 9.89. The molecule has 37 heavy (non-hydrogen) atoms. The lowest BCUT2D eigenvalue weighted by molar-refractivity contribution is 0.305. The number of fused-ring (bicyclic) bond motifs is 3. The Morgan fingerprint density at radius 3 is 2.70 bits per heavy atom. The SMILES string of the molecule is C/C(=C1\c2ccc(Cn3c(N(C)C)nc4ccccc43)cc2COc2cc(F)ccc21)c1noc(=O)[nH]1. The molecular weight excluding hydrogens is 473 g/mol. The number of allylic oxidation sites excluding steroid dienone is 1. The van der Waals surface area contributed by atoms with Crippen molar-refractivity contribution < 1.29 is 13.7 Å². The van der Waals surface area contributed by atoms with Gasteiger partial charge in [-0.15, -0.1) is 0 Å². The monoisotopic (exact) mass is 497 g/mol. The molecule has 3 aromatic carbocycles. The summed E-state index contributed by atoms with van der Waals surface area (Å²) < 4.78 is 27.1. The molecule has 186 valence electrons. The number of imidazole rings is 1. The number of aromatic nitrogens is 4. The van der Waals surface area contributed by atoms with Crippen LogP contribution in [-0.4, -0.2) is 33.8 Å². The molecule has 2 aromatic heterocycles. The molecule has 1 N–H and O–H groups in total. The van der Waals surface area contributed by atoms with Crippen LogP contribution in [0.2, 0.25) is 0 Å². The molecule has 0 spiro atoms. The molecule has 0 saturated heterocycles. The zero-order valence-corrected chi connectivity index (χ0v) is 20.6. The highest BCUT2D eigenvalue weighted by Crippen LogP contribution is 2.41. The van der Waals surface area contributed by atoms with Crippen LogP contribution < -0.4 is 15.4 Å².